The molecule has 0 fully saturated rings. The minimum atomic E-state index is 0.157. The first-order valence-corrected chi connectivity index (χ1v) is 7.13. The highest BCUT2D eigenvalue weighted by Crippen LogP contribution is 2.24. The fourth-order valence-corrected chi connectivity index (χ4v) is 2.10. The lowest BCUT2D eigenvalue weighted by molar-refractivity contribution is 0.299. The van der Waals surface area contributed by atoms with Gasteiger partial charge in [-0.3, -0.25) is 4.98 Å². The Kier molecular flexibility index (Phi) is 4.51. The Balaban J connectivity index is 2.05. The van der Waals surface area contributed by atoms with Gasteiger partial charge in [-0.15, -0.1) is 0 Å². The summed E-state index contributed by atoms with van der Waals surface area (Å²) in [6.45, 7) is 8.99. The second kappa shape index (κ2) is 6.17. The molecule has 0 N–H and O–H groups in total. The van der Waals surface area contributed by atoms with Gasteiger partial charge in [0.25, 0.3) is 0 Å². The van der Waals surface area contributed by atoms with Crippen LogP contribution in [-0.4, -0.2) is 12.1 Å². The molecule has 0 aliphatic heterocycles. The highest BCUT2D eigenvalue weighted by Gasteiger charge is 2.13. The highest BCUT2D eigenvalue weighted by molar-refractivity contribution is 5.31. The summed E-state index contributed by atoms with van der Waals surface area (Å²) in [6.07, 6.45) is 0. The maximum atomic E-state index is 5.80. The van der Waals surface area contributed by atoms with Gasteiger partial charge in [-0.1, -0.05) is 32.9 Å². The lowest BCUT2D eigenvalue weighted by Gasteiger charge is -2.19. The van der Waals surface area contributed by atoms with Crippen LogP contribution < -0.4 is 9.47 Å². The topological polar surface area (TPSA) is 31.4 Å². The van der Waals surface area contributed by atoms with Crippen LogP contribution in [0, 0.1) is 6.92 Å². The molecule has 1 aromatic heterocycles. The van der Waals surface area contributed by atoms with Crippen LogP contribution in [0.1, 0.15) is 37.7 Å². The summed E-state index contributed by atoms with van der Waals surface area (Å²) in [7, 11) is 1.66. The molecule has 21 heavy (non-hydrogen) atoms. The highest BCUT2D eigenvalue weighted by atomic mass is 16.5. The molecule has 0 atom stereocenters. The van der Waals surface area contributed by atoms with Crippen molar-refractivity contribution in [1.29, 1.82) is 0 Å². The van der Waals surface area contributed by atoms with Crippen molar-refractivity contribution in [2.45, 2.75) is 39.7 Å². The molecule has 0 unspecified atom stereocenters. The first-order valence-electron chi connectivity index (χ1n) is 7.13. The molecule has 3 heteroatoms. The molecule has 0 spiro atoms. The summed E-state index contributed by atoms with van der Waals surface area (Å²) < 4.78 is 11.0. The largest absolute Gasteiger partial charge is 0.497 e. The molecule has 0 saturated carbocycles. The van der Waals surface area contributed by atoms with Crippen LogP contribution in [0.2, 0.25) is 0 Å². The van der Waals surface area contributed by atoms with Crippen molar-refractivity contribution < 1.29 is 9.47 Å². The predicted octanol–water partition coefficient (Wildman–Crippen LogP) is 4.28. The van der Waals surface area contributed by atoms with Crippen LogP contribution >= 0.6 is 0 Å². The number of hydrogen-bond donors (Lipinski definition) is 0. The first-order chi connectivity index (χ1) is 9.88. The monoisotopic (exact) mass is 285 g/mol. The third kappa shape index (κ3) is 4.22. The van der Waals surface area contributed by atoms with E-state index >= 15 is 0 Å². The van der Waals surface area contributed by atoms with Gasteiger partial charge in [0, 0.05) is 17.8 Å². The average Bonchev–Trinajstić information content (AvgIpc) is 2.44. The number of hydrogen-bond acceptors (Lipinski definition) is 3. The van der Waals surface area contributed by atoms with E-state index in [1.165, 1.54) is 5.56 Å². The van der Waals surface area contributed by atoms with Crippen molar-refractivity contribution in [2.24, 2.45) is 0 Å². The second-order valence-electron chi connectivity index (χ2n) is 6.20. The molecule has 0 aliphatic rings. The molecule has 0 radical (unpaired) electrons. The van der Waals surface area contributed by atoms with E-state index in [1.54, 1.807) is 7.11 Å². The van der Waals surface area contributed by atoms with Gasteiger partial charge in [0.1, 0.15) is 18.1 Å². The van der Waals surface area contributed by atoms with E-state index in [0.29, 0.717) is 6.61 Å². The molecule has 0 saturated heterocycles. The Hall–Kier alpha value is -2.03. The number of benzene rings is 1. The van der Waals surface area contributed by atoms with Crippen molar-refractivity contribution >= 4 is 0 Å². The van der Waals surface area contributed by atoms with Gasteiger partial charge >= 0.3 is 0 Å². The number of ether oxygens (including phenoxy) is 2. The Morgan fingerprint density at radius 2 is 1.67 bits per heavy atom. The quantitative estimate of drug-likeness (QED) is 0.840. The van der Waals surface area contributed by atoms with E-state index in [2.05, 4.69) is 37.9 Å². The van der Waals surface area contributed by atoms with Gasteiger partial charge in [-0.2, -0.15) is 0 Å². The molecular formula is C18H23NO2. The number of aryl methyl sites for hydroxylation is 1. The van der Waals surface area contributed by atoms with Gasteiger partial charge in [0.05, 0.1) is 12.8 Å². The van der Waals surface area contributed by atoms with Gasteiger partial charge in [-0.25, -0.2) is 0 Å². The van der Waals surface area contributed by atoms with E-state index < -0.39 is 0 Å². The summed E-state index contributed by atoms with van der Waals surface area (Å²) in [5.74, 6) is 1.66. The number of aromatic nitrogens is 1. The third-order valence-corrected chi connectivity index (χ3v) is 3.32. The maximum Gasteiger partial charge on any atom is 0.130 e. The molecule has 2 aromatic rings. The van der Waals surface area contributed by atoms with E-state index in [-0.39, 0.29) is 5.41 Å². The van der Waals surface area contributed by atoms with Crippen molar-refractivity contribution in [2.75, 3.05) is 7.11 Å². The van der Waals surface area contributed by atoms with Gasteiger partial charge in [-0.05, 0) is 30.0 Å². The zero-order chi connectivity index (χ0) is 15.5. The lowest BCUT2D eigenvalue weighted by Crippen LogP contribution is -2.10. The van der Waals surface area contributed by atoms with Crippen LogP contribution in [0.3, 0.4) is 0 Å². The second-order valence-corrected chi connectivity index (χ2v) is 6.20. The molecule has 0 bridgehead atoms. The normalized spacial score (nSPS) is 11.3. The molecule has 2 rings (SSSR count). The molecular weight excluding hydrogens is 262 g/mol. The Bertz CT molecular complexity index is 598. The van der Waals surface area contributed by atoms with Crippen molar-refractivity contribution in [1.82, 2.24) is 4.98 Å². The molecule has 1 aromatic carbocycles. The summed E-state index contributed by atoms with van der Waals surface area (Å²) in [6, 6.07) is 12.0. The van der Waals surface area contributed by atoms with Crippen LogP contribution in [0.15, 0.2) is 36.4 Å². The summed E-state index contributed by atoms with van der Waals surface area (Å²) in [5, 5.41) is 0. The Morgan fingerprint density at radius 3 is 2.24 bits per heavy atom. The minimum absolute atomic E-state index is 0.157. The van der Waals surface area contributed by atoms with Crippen LogP contribution in [0.4, 0.5) is 0 Å². The molecule has 0 amide bonds. The summed E-state index contributed by atoms with van der Waals surface area (Å²) in [4.78, 5) is 4.45. The van der Waals surface area contributed by atoms with E-state index in [0.717, 1.165) is 22.9 Å². The Morgan fingerprint density at radius 1 is 1.00 bits per heavy atom. The predicted molar refractivity (Wildman–Crippen MR) is 85.0 cm³/mol. The van der Waals surface area contributed by atoms with Crippen molar-refractivity contribution in [3.8, 4) is 11.5 Å². The molecule has 3 nitrogen and oxygen atoms in total. The number of methoxy groups -OCH3 is 1. The fourth-order valence-electron chi connectivity index (χ4n) is 2.10. The standard InChI is InChI=1S/C18H23NO2/c1-13-10-17(20-5)11-15(19-13)12-21-16-8-6-14(7-9-16)18(2,3)4/h6-11H,12H2,1-5H3. The first kappa shape index (κ1) is 15.4. The Labute approximate surface area is 126 Å². The fraction of sp³-hybridized carbons (Fsp3) is 0.389. The average molecular weight is 285 g/mol. The molecule has 0 aliphatic carbocycles. The van der Waals surface area contributed by atoms with Crippen molar-refractivity contribution in [3.05, 3.63) is 53.3 Å². The van der Waals surface area contributed by atoms with E-state index in [4.69, 9.17) is 9.47 Å². The zero-order valence-corrected chi connectivity index (χ0v) is 13.4. The van der Waals surface area contributed by atoms with Gasteiger partial charge < -0.3 is 9.47 Å². The SMILES string of the molecule is COc1cc(C)nc(COc2ccc(C(C)(C)C)cc2)c1. The van der Waals surface area contributed by atoms with Gasteiger partial charge in [0.2, 0.25) is 0 Å². The van der Waals surface area contributed by atoms with Crippen LogP contribution in [0.5, 0.6) is 11.5 Å². The van der Waals surface area contributed by atoms with Crippen LogP contribution in [0.25, 0.3) is 0 Å². The number of pyridine rings is 1. The maximum absolute atomic E-state index is 5.80. The van der Waals surface area contributed by atoms with Gasteiger partial charge in [0.15, 0.2) is 0 Å². The third-order valence-electron chi connectivity index (χ3n) is 3.32. The van der Waals surface area contributed by atoms with Crippen LogP contribution in [-0.2, 0) is 12.0 Å². The van der Waals surface area contributed by atoms with E-state index in [9.17, 15) is 0 Å². The summed E-state index contributed by atoms with van der Waals surface area (Å²) in [5.41, 5.74) is 3.25. The van der Waals surface area contributed by atoms with Crippen molar-refractivity contribution in [3.63, 3.8) is 0 Å². The smallest absolute Gasteiger partial charge is 0.130 e. The number of rotatable bonds is 4. The van der Waals surface area contributed by atoms with E-state index in [1.807, 2.05) is 31.2 Å². The molecule has 1 heterocycles. The number of nitrogens with zero attached hydrogens (tertiary/aromatic N) is 1. The summed E-state index contributed by atoms with van der Waals surface area (Å²) >= 11 is 0. The molecule has 112 valence electrons. The minimum Gasteiger partial charge on any atom is -0.497 e. The zero-order valence-electron chi connectivity index (χ0n) is 13.4. The lowest BCUT2D eigenvalue weighted by atomic mass is 9.87.